The van der Waals surface area contributed by atoms with Crippen molar-refractivity contribution in [3.63, 3.8) is 0 Å². The number of hydrogen-bond acceptors (Lipinski definition) is 4. The summed E-state index contributed by atoms with van der Waals surface area (Å²) >= 11 is 1.70. The fourth-order valence-corrected chi connectivity index (χ4v) is 5.06. The molecule has 1 aliphatic heterocycles. The van der Waals surface area contributed by atoms with Crippen LogP contribution in [0.25, 0.3) is 10.6 Å². The molecule has 0 bridgehead atoms. The lowest BCUT2D eigenvalue weighted by Gasteiger charge is -2.36. The van der Waals surface area contributed by atoms with Crippen molar-refractivity contribution >= 4 is 17.2 Å². The smallest absolute Gasteiger partial charge is 0.233 e. The Balaban J connectivity index is 1.18. The predicted octanol–water partition coefficient (Wildman–Crippen LogP) is 4.19. The Kier molecular flexibility index (Phi) is 4.94. The van der Waals surface area contributed by atoms with Gasteiger partial charge in [0.25, 0.3) is 0 Å². The third-order valence-electron chi connectivity index (χ3n) is 6.10. The molecule has 0 unspecified atom stereocenters. The molecule has 3 aromatic rings. The maximum absolute atomic E-state index is 13.2. The van der Waals surface area contributed by atoms with Crippen LogP contribution in [0.4, 0.5) is 0 Å². The summed E-state index contributed by atoms with van der Waals surface area (Å²) in [6.07, 6.45) is 1.97. The molecule has 148 valence electrons. The fourth-order valence-electron chi connectivity index (χ4n) is 4.24. The third kappa shape index (κ3) is 3.72. The number of aromatic nitrogens is 1. The van der Waals surface area contributed by atoms with Gasteiger partial charge in [-0.2, -0.15) is 0 Å². The molecule has 0 N–H and O–H groups in total. The molecule has 29 heavy (non-hydrogen) atoms. The molecule has 2 aromatic carbocycles. The van der Waals surface area contributed by atoms with E-state index in [2.05, 4.69) is 51.6 Å². The van der Waals surface area contributed by atoms with Crippen LogP contribution in [0.1, 0.15) is 24.1 Å². The Morgan fingerprint density at radius 3 is 2.24 bits per heavy atom. The second kappa shape index (κ2) is 7.73. The summed E-state index contributed by atoms with van der Waals surface area (Å²) in [5, 5.41) is 3.24. The highest BCUT2D eigenvalue weighted by molar-refractivity contribution is 7.13. The number of piperazine rings is 1. The Bertz CT molecular complexity index is 974. The van der Waals surface area contributed by atoms with Gasteiger partial charge in [-0.25, -0.2) is 4.98 Å². The van der Waals surface area contributed by atoms with Crippen LogP contribution in [-0.4, -0.2) is 46.9 Å². The van der Waals surface area contributed by atoms with Gasteiger partial charge in [0, 0.05) is 43.7 Å². The first-order chi connectivity index (χ1) is 14.2. The lowest BCUT2D eigenvalue weighted by atomic mass is 9.94. The van der Waals surface area contributed by atoms with E-state index in [4.69, 9.17) is 4.98 Å². The molecule has 0 radical (unpaired) electrons. The quantitative estimate of drug-likeness (QED) is 0.641. The number of rotatable bonds is 5. The second-order valence-corrected chi connectivity index (χ2v) is 8.88. The van der Waals surface area contributed by atoms with E-state index in [-0.39, 0.29) is 5.41 Å². The Labute approximate surface area is 175 Å². The average molecular weight is 404 g/mol. The Morgan fingerprint density at radius 2 is 1.59 bits per heavy atom. The number of carbonyl (C=O) groups is 1. The number of thiazole rings is 1. The monoisotopic (exact) mass is 403 g/mol. The lowest BCUT2D eigenvalue weighted by molar-refractivity contribution is -0.135. The number of carbonyl (C=O) groups excluding carboxylic acids is 1. The van der Waals surface area contributed by atoms with E-state index in [0.29, 0.717) is 5.91 Å². The van der Waals surface area contributed by atoms with Gasteiger partial charge in [0.15, 0.2) is 0 Å². The zero-order chi connectivity index (χ0) is 19.7. The lowest BCUT2D eigenvalue weighted by Crippen LogP contribution is -2.51. The molecule has 0 atom stereocenters. The van der Waals surface area contributed by atoms with Crippen molar-refractivity contribution < 1.29 is 4.79 Å². The minimum atomic E-state index is -0.247. The van der Waals surface area contributed by atoms with Crippen LogP contribution in [0.15, 0.2) is 66.0 Å². The van der Waals surface area contributed by atoms with Crippen molar-refractivity contribution in [1.82, 2.24) is 14.8 Å². The molecule has 1 saturated heterocycles. The molecule has 2 aliphatic rings. The van der Waals surface area contributed by atoms with Crippen molar-refractivity contribution in [3.8, 4) is 10.6 Å². The molecule has 1 saturated carbocycles. The van der Waals surface area contributed by atoms with Gasteiger partial charge in [-0.1, -0.05) is 60.7 Å². The largest absolute Gasteiger partial charge is 0.339 e. The zero-order valence-electron chi connectivity index (χ0n) is 16.5. The third-order valence-corrected chi connectivity index (χ3v) is 7.04. The number of hydrogen-bond donors (Lipinski definition) is 0. The minimum Gasteiger partial charge on any atom is -0.339 e. The van der Waals surface area contributed by atoms with Gasteiger partial charge in [-0.15, -0.1) is 11.3 Å². The summed E-state index contributed by atoms with van der Waals surface area (Å²) in [7, 11) is 0. The highest BCUT2D eigenvalue weighted by Gasteiger charge is 2.53. The van der Waals surface area contributed by atoms with Crippen molar-refractivity contribution in [2.75, 3.05) is 26.2 Å². The minimum absolute atomic E-state index is 0.247. The molecule has 5 rings (SSSR count). The van der Waals surface area contributed by atoms with Gasteiger partial charge < -0.3 is 4.90 Å². The summed E-state index contributed by atoms with van der Waals surface area (Å²) < 4.78 is 0. The summed E-state index contributed by atoms with van der Waals surface area (Å²) in [4.78, 5) is 22.5. The van der Waals surface area contributed by atoms with E-state index in [0.717, 1.165) is 56.3 Å². The molecule has 4 nitrogen and oxygen atoms in total. The first kappa shape index (κ1) is 18.5. The van der Waals surface area contributed by atoms with Gasteiger partial charge in [0.1, 0.15) is 5.01 Å². The van der Waals surface area contributed by atoms with Crippen LogP contribution in [0.5, 0.6) is 0 Å². The summed E-state index contributed by atoms with van der Waals surface area (Å²) in [5.41, 5.74) is 3.23. The van der Waals surface area contributed by atoms with E-state index in [1.165, 1.54) is 11.1 Å². The van der Waals surface area contributed by atoms with Crippen LogP contribution >= 0.6 is 11.3 Å². The first-order valence-electron chi connectivity index (χ1n) is 10.3. The predicted molar refractivity (Wildman–Crippen MR) is 117 cm³/mol. The van der Waals surface area contributed by atoms with Gasteiger partial charge in [0.05, 0.1) is 11.1 Å². The number of nitrogens with zero attached hydrogens (tertiary/aromatic N) is 3. The zero-order valence-corrected chi connectivity index (χ0v) is 17.3. The van der Waals surface area contributed by atoms with Crippen molar-refractivity contribution in [3.05, 3.63) is 77.3 Å². The summed E-state index contributed by atoms with van der Waals surface area (Å²) in [6, 6.07) is 20.6. The molecular formula is C24H25N3OS. The van der Waals surface area contributed by atoms with Crippen molar-refractivity contribution in [2.24, 2.45) is 0 Å². The highest BCUT2D eigenvalue weighted by Crippen LogP contribution is 2.49. The molecule has 1 amide bonds. The number of amides is 1. The van der Waals surface area contributed by atoms with E-state index in [9.17, 15) is 4.79 Å². The van der Waals surface area contributed by atoms with Crippen molar-refractivity contribution in [2.45, 2.75) is 24.8 Å². The van der Waals surface area contributed by atoms with Gasteiger partial charge >= 0.3 is 0 Å². The Morgan fingerprint density at radius 1 is 0.931 bits per heavy atom. The van der Waals surface area contributed by atoms with Crippen LogP contribution in [0.2, 0.25) is 0 Å². The van der Waals surface area contributed by atoms with Crippen molar-refractivity contribution in [1.29, 1.82) is 0 Å². The highest BCUT2D eigenvalue weighted by atomic mass is 32.1. The van der Waals surface area contributed by atoms with E-state index < -0.39 is 0 Å². The molecule has 2 fully saturated rings. The normalized spacial score (nSPS) is 18.6. The molecule has 5 heteroatoms. The van der Waals surface area contributed by atoms with Crippen LogP contribution in [0.3, 0.4) is 0 Å². The van der Waals surface area contributed by atoms with Crippen LogP contribution in [0, 0.1) is 0 Å². The SMILES string of the molecule is O=C(N1CCN(Cc2csc(-c3ccccc3)n2)CC1)C1(c2ccccc2)CC1. The summed E-state index contributed by atoms with van der Waals surface area (Å²) in [5.74, 6) is 0.323. The fraction of sp³-hybridized carbons (Fsp3) is 0.333. The number of benzene rings is 2. The van der Waals surface area contributed by atoms with Crippen LogP contribution < -0.4 is 0 Å². The van der Waals surface area contributed by atoms with E-state index >= 15 is 0 Å². The average Bonchev–Trinajstić information content (AvgIpc) is 3.47. The molecule has 2 heterocycles. The topological polar surface area (TPSA) is 36.4 Å². The van der Waals surface area contributed by atoms with E-state index in [1.54, 1.807) is 11.3 Å². The van der Waals surface area contributed by atoms with Gasteiger partial charge in [-0.3, -0.25) is 9.69 Å². The van der Waals surface area contributed by atoms with Gasteiger partial charge in [0.2, 0.25) is 5.91 Å². The first-order valence-corrected chi connectivity index (χ1v) is 11.2. The Hall–Kier alpha value is -2.50. The molecule has 1 aromatic heterocycles. The standard InChI is InChI=1S/C24H25N3OS/c28-23(24(11-12-24)20-9-5-2-6-10-20)27-15-13-26(14-16-27)17-21-18-29-22(25-21)19-7-3-1-4-8-19/h1-10,18H,11-17H2. The van der Waals surface area contributed by atoms with E-state index in [1.807, 2.05) is 24.3 Å². The molecule has 1 aliphatic carbocycles. The van der Waals surface area contributed by atoms with Crippen LogP contribution in [-0.2, 0) is 16.8 Å². The maximum atomic E-state index is 13.2. The van der Waals surface area contributed by atoms with Gasteiger partial charge in [-0.05, 0) is 18.4 Å². The second-order valence-electron chi connectivity index (χ2n) is 8.03. The molecule has 0 spiro atoms. The molecular weight excluding hydrogens is 378 g/mol. The summed E-state index contributed by atoms with van der Waals surface area (Å²) in [6.45, 7) is 4.30. The maximum Gasteiger partial charge on any atom is 0.233 e.